The number of hydrogen-bond donors (Lipinski definition) is 3. The summed E-state index contributed by atoms with van der Waals surface area (Å²) < 4.78 is 0. The van der Waals surface area contributed by atoms with E-state index in [9.17, 15) is 4.79 Å². The number of aromatic nitrogens is 1. The van der Waals surface area contributed by atoms with E-state index in [2.05, 4.69) is 15.6 Å². The molecule has 0 unspecified atom stereocenters. The van der Waals surface area contributed by atoms with Gasteiger partial charge in [0.2, 0.25) is 0 Å². The molecule has 19 heavy (non-hydrogen) atoms. The molecule has 2 aromatic carbocycles. The van der Waals surface area contributed by atoms with Crippen LogP contribution in [-0.2, 0) is 0 Å². The van der Waals surface area contributed by atoms with Gasteiger partial charge in [0, 0.05) is 28.5 Å². The summed E-state index contributed by atoms with van der Waals surface area (Å²) in [7, 11) is 0. The summed E-state index contributed by atoms with van der Waals surface area (Å²) in [5.41, 5.74) is 2.58. The van der Waals surface area contributed by atoms with Crippen LogP contribution in [0.3, 0.4) is 0 Å². The van der Waals surface area contributed by atoms with Crippen LogP contribution in [0.4, 0.5) is 16.2 Å². The SMILES string of the molecule is O=C(Nc1ccccc1)Nc1ccc2[nH]ccc2c1. The molecule has 94 valence electrons. The van der Waals surface area contributed by atoms with Crippen LogP contribution in [0.1, 0.15) is 0 Å². The first kappa shape index (κ1) is 11.3. The Morgan fingerprint density at radius 2 is 1.68 bits per heavy atom. The number of nitrogens with one attached hydrogen (secondary N) is 3. The van der Waals surface area contributed by atoms with Gasteiger partial charge in [-0.05, 0) is 36.4 Å². The third kappa shape index (κ3) is 2.57. The molecule has 0 bridgehead atoms. The number of aromatic amines is 1. The van der Waals surface area contributed by atoms with Crippen molar-refractivity contribution in [2.75, 3.05) is 10.6 Å². The smallest absolute Gasteiger partial charge is 0.323 e. The fourth-order valence-corrected chi connectivity index (χ4v) is 1.95. The van der Waals surface area contributed by atoms with Crippen LogP contribution in [0, 0.1) is 0 Å². The topological polar surface area (TPSA) is 56.9 Å². The van der Waals surface area contributed by atoms with Gasteiger partial charge in [-0.3, -0.25) is 0 Å². The second-order valence-electron chi connectivity index (χ2n) is 4.22. The summed E-state index contributed by atoms with van der Waals surface area (Å²) in [6.07, 6.45) is 1.87. The number of anilines is 2. The van der Waals surface area contributed by atoms with Crippen LogP contribution in [0.15, 0.2) is 60.8 Å². The maximum atomic E-state index is 11.8. The van der Waals surface area contributed by atoms with Crippen LogP contribution in [0.2, 0.25) is 0 Å². The molecule has 3 rings (SSSR count). The summed E-state index contributed by atoms with van der Waals surface area (Å²) in [5, 5.41) is 6.65. The first-order valence-electron chi connectivity index (χ1n) is 6.01. The van der Waals surface area contributed by atoms with Crippen molar-refractivity contribution in [1.82, 2.24) is 4.98 Å². The Morgan fingerprint density at radius 3 is 2.53 bits per heavy atom. The fraction of sp³-hybridized carbons (Fsp3) is 0. The average Bonchev–Trinajstić information content (AvgIpc) is 2.87. The van der Waals surface area contributed by atoms with E-state index in [0.29, 0.717) is 0 Å². The van der Waals surface area contributed by atoms with Crippen molar-refractivity contribution in [2.24, 2.45) is 0 Å². The summed E-state index contributed by atoms with van der Waals surface area (Å²) in [6, 6.07) is 16.8. The number of rotatable bonds is 2. The number of urea groups is 1. The molecule has 0 saturated heterocycles. The molecular formula is C15H13N3O. The highest BCUT2D eigenvalue weighted by Gasteiger charge is 2.03. The molecule has 0 aliphatic rings. The Kier molecular flexibility index (Phi) is 2.90. The Morgan fingerprint density at radius 1 is 0.895 bits per heavy atom. The van der Waals surface area contributed by atoms with Gasteiger partial charge < -0.3 is 15.6 Å². The van der Waals surface area contributed by atoms with Gasteiger partial charge in [0.05, 0.1) is 0 Å². The second kappa shape index (κ2) is 4.86. The van der Waals surface area contributed by atoms with Gasteiger partial charge in [-0.1, -0.05) is 18.2 Å². The van der Waals surface area contributed by atoms with Gasteiger partial charge in [0.15, 0.2) is 0 Å². The standard InChI is InChI=1S/C15H13N3O/c19-15(17-12-4-2-1-3-5-12)18-13-6-7-14-11(10-13)8-9-16-14/h1-10,16H,(H2,17,18,19). The zero-order valence-electron chi connectivity index (χ0n) is 10.2. The van der Waals surface area contributed by atoms with E-state index in [0.717, 1.165) is 22.3 Å². The molecule has 0 fully saturated rings. The molecule has 2 amide bonds. The Labute approximate surface area is 110 Å². The lowest BCUT2D eigenvalue weighted by molar-refractivity contribution is 0.262. The van der Waals surface area contributed by atoms with Crippen molar-refractivity contribution in [3.05, 3.63) is 60.8 Å². The van der Waals surface area contributed by atoms with Gasteiger partial charge in [-0.2, -0.15) is 0 Å². The minimum atomic E-state index is -0.249. The van der Waals surface area contributed by atoms with Crippen LogP contribution >= 0.6 is 0 Å². The van der Waals surface area contributed by atoms with Crippen LogP contribution < -0.4 is 10.6 Å². The molecule has 3 aromatic rings. The molecule has 0 atom stereocenters. The van der Waals surface area contributed by atoms with E-state index in [1.165, 1.54) is 0 Å². The van der Waals surface area contributed by atoms with Crippen molar-refractivity contribution in [3.8, 4) is 0 Å². The number of carbonyl (C=O) groups is 1. The molecule has 1 heterocycles. The molecule has 4 heteroatoms. The number of para-hydroxylation sites is 1. The number of hydrogen-bond acceptors (Lipinski definition) is 1. The summed E-state index contributed by atoms with van der Waals surface area (Å²) >= 11 is 0. The van der Waals surface area contributed by atoms with Gasteiger partial charge in [-0.15, -0.1) is 0 Å². The van der Waals surface area contributed by atoms with Crippen LogP contribution in [-0.4, -0.2) is 11.0 Å². The van der Waals surface area contributed by atoms with Crippen molar-refractivity contribution in [3.63, 3.8) is 0 Å². The monoisotopic (exact) mass is 251 g/mol. The number of carbonyl (C=O) groups excluding carboxylic acids is 1. The van der Waals surface area contributed by atoms with Crippen molar-refractivity contribution in [1.29, 1.82) is 0 Å². The number of H-pyrrole nitrogens is 1. The fourth-order valence-electron chi connectivity index (χ4n) is 1.95. The lowest BCUT2D eigenvalue weighted by Gasteiger charge is -2.07. The molecule has 0 spiro atoms. The summed E-state index contributed by atoms with van der Waals surface area (Å²) in [4.78, 5) is 14.9. The average molecular weight is 251 g/mol. The lowest BCUT2D eigenvalue weighted by atomic mass is 10.2. The van der Waals surface area contributed by atoms with E-state index in [1.54, 1.807) is 0 Å². The van der Waals surface area contributed by atoms with Crippen molar-refractivity contribution in [2.45, 2.75) is 0 Å². The predicted molar refractivity (Wildman–Crippen MR) is 77.4 cm³/mol. The second-order valence-corrected chi connectivity index (χ2v) is 4.22. The third-order valence-corrected chi connectivity index (χ3v) is 2.84. The minimum absolute atomic E-state index is 0.249. The van der Waals surface area contributed by atoms with Crippen LogP contribution in [0.5, 0.6) is 0 Å². The third-order valence-electron chi connectivity index (χ3n) is 2.84. The van der Waals surface area contributed by atoms with Gasteiger partial charge in [-0.25, -0.2) is 4.79 Å². The molecule has 0 aliphatic heterocycles. The Balaban J connectivity index is 1.72. The maximum absolute atomic E-state index is 11.8. The zero-order chi connectivity index (χ0) is 13.1. The normalized spacial score (nSPS) is 10.3. The van der Waals surface area contributed by atoms with Crippen molar-refractivity contribution < 1.29 is 4.79 Å². The van der Waals surface area contributed by atoms with E-state index in [4.69, 9.17) is 0 Å². The number of benzene rings is 2. The number of amides is 2. The lowest BCUT2D eigenvalue weighted by Crippen LogP contribution is -2.19. The van der Waals surface area contributed by atoms with Gasteiger partial charge in [0.1, 0.15) is 0 Å². The Hall–Kier alpha value is -2.75. The Bertz CT molecular complexity index is 703. The van der Waals surface area contributed by atoms with Crippen LogP contribution in [0.25, 0.3) is 10.9 Å². The first-order valence-corrected chi connectivity index (χ1v) is 6.01. The minimum Gasteiger partial charge on any atom is -0.361 e. The van der Waals surface area contributed by atoms with E-state index >= 15 is 0 Å². The highest BCUT2D eigenvalue weighted by Crippen LogP contribution is 2.18. The molecule has 0 saturated carbocycles. The first-order chi connectivity index (χ1) is 9.31. The summed E-state index contributed by atoms with van der Waals surface area (Å²) in [6.45, 7) is 0. The maximum Gasteiger partial charge on any atom is 0.323 e. The highest BCUT2D eigenvalue weighted by atomic mass is 16.2. The molecule has 0 aliphatic carbocycles. The van der Waals surface area contributed by atoms with E-state index in [1.807, 2.05) is 60.8 Å². The quantitative estimate of drug-likeness (QED) is 0.637. The largest absolute Gasteiger partial charge is 0.361 e. The molecule has 0 radical (unpaired) electrons. The molecule has 4 nitrogen and oxygen atoms in total. The zero-order valence-corrected chi connectivity index (χ0v) is 10.2. The number of fused-ring (bicyclic) bond motifs is 1. The van der Waals surface area contributed by atoms with E-state index < -0.39 is 0 Å². The molecule has 3 N–H and O–H groups in total. The van der Waals surface area contributed by atoms with Gasteiger partial charge in [0.25, 0.3) is 0 Å². The van der Waals surface area contributed by atoms with Gasteiger partial charge >= 0.3 is 6.03 Å². The summed E-state index contributed by atoms with van der Waals surface area (Å²) in [5.74, 6) is 0. The molecule has 1 aromatic heterocycles. The predicted octanol–water partition coefficient (Wildman–Crippen LogP) is 3.81. The van der Waals surface area contributed by atoms with Crippen molar-refractivity contribution >= 4 is 28.3 Å². The highest BCUT2D eigenvalue weighted by molar-refractivity contribution is 6.00. The molecular weight excluding hydrogens is 238 g/mol. The van der Waals surface area contributed by atoms with E-state index in [-0.39, 0.29) is 6.03 Å².